The summed E-state index contributed by atoms with van der Waals surface area (Å²) < 4.78 is 6.33. The molecule has 1 atom stereocenters. The molecule has 0 unspecified atom stereocenters. The molecule has 0 N–H and O–H groups in total. The van der Waals surface area contributed by atoms with E-state index < -0.39 is 12.1 Å². The minimum Gasteiger partial charge on any atom is -0.451 e. The van der Waals surface area contributed by atoms with Crippen molar-refractivity contribution in [1.82, 2.24) is 14.5 Å². The number of hydrogen-bond donors (Lipinski definition) is 0. The van der Waals surface area contributed by atoms with Gasteiger partial charge in [0.25, 0.3) is 11.5 Å². The Balaban J connectivity index is 1.86. The summed E-state index contributed by atoms with van der Waals surface area (Å²) in [7, 11) is 3.16. The predicted octanol–water partition coefficient (Wildman–Crippen LogP) is 2.21. The van der Waals surface area contributed by atoms with E-state index in [9.17, 15) is 14.4 Å². The summed E-state index contributed by atoms with van der Waals surface area (Å²) >= 11 is 2.92. The number of rotatable bonds is 5. The van der Waals surface area contributed by atoms with Crippen molar-refractivity contribution >= 4 is 44.8 Å². The zero-order valence-corrected chi connectivity index (χ0v) is 16.1. The van der Waals surface area contributed by atoms with Crippen molar-refractivity contribution in [1.29, 1.82) is 0 Å². The van der Waals surface area contributed by atoms with Gasteiger partial charge in [0.15, 0.2) is 6.10 Å². The molecule has 3 heterocycles. The molecule has 9 heteroatoms. The second-order valence-electron chi connectivity index (χ2n) is 5.85. The second-order valence-corrected chi connectivity index (χ2v) is 7.66. The standard InChI is InChI=1S/C17H17N3O4S2/c1-10(16(22)19(2)3)24-13(21)7-20-9-18-15-14(17(20)23)11(8-26-15)12-5-4-6-25-12/h4-6,8-10H,7H2,1-3H3/t10-/m1/s1. The second kappa shape index (κ2) is 7.38. The van der Waals surface area contributed by atoms with Crippen molar-refractivity contribution < 1.29 is 14.3 Å². The Morgan fingerprint density at radius 2 is 2.12 bits per heavy atom. The van der Waals surface area contributed by atoms with Gasteiger partial charge < -0.3 is 9.64 Å². The Morgan fingerprint density at radius 1 is 1.35 bits per heavy atom. The monoisotopic (exact) mass is 391 g/mol. The molecule has 0 aliphatic rings. The maximum absolute atomic E-state index is 12.8. The van der Waals surface area contributed by atoms with E-state index >= 15 is 0 Å². The van der Waals surface area contributed by atoms with Crippen molar-refractivity contribution in [2.24, 2.45) is 0 Å². The topological polar surface area (TPSA) is 81.5 Å². The van der Waals surface area contributed by atoms with E-state index in [4.69, 9.17) is 4.74 Å². The number of ether oxygens (including phenoxy) is 1. The van der Waals surface area contributed by atoms with Crippen LogP contribution < -0.4 is 5.56 Å². The lowest BCUT2D eigenvalue weighted by Gasteiger charge is -2.17. The molecular formula is C17H17N3O4S2. The molecule has 0 saturated carbocycles. The van der Waals surface area contributed by atoms with Crippen LogP contribution in [0.5, 0.6) is 0 Å². The maximum atomic E-state index is 12.8. The molecule has 0 radical (unpaired) electrons. The number of fused-ring (bicyclic) bond motifs is 1. The van der Waals surface area contributed by atoms with Crippen LogP contribution >= 0.6 is 22.7 Å². The summed E-state index contributed by atoms with van der Waals surface area (Å²) in [5.41, 5.74) is 0.513. The Morgan fingerprint density at radius 3 is 2.77 bits per heavy atom. The minimum absolute atomic E-state index is 0.299. The van der Waals surface area contributed by atoms with Crippen molar-refractivity contribution in [2.75, 3.05) is 14.1 Å². The Bertz CT molecular complexity index is 1000. The molecule has 0 bridgehead atoms. The number of esters is 1. The fourth-order valence-electron chi connectivity index (χ4n) is 2.48. The van der Waals surface area contributed by atoms with Crippen LogP contribution in [0.3, 0.4) is 0 Å². The number of hydrogen-bond acceptors (Lipinski definition) is 7. The Kier molecular flexibility index (Phi) is 5.19. The fraction of sp³-hybridized carbons (Fsp3) is 0.294. The van der Waals surface area contributed by atoms with Crippen LogP contribution in [0.4, 0.5) is 0 Å². The Hall–Kier alpha value is -2.52. The SMILES string of the molecule is C[C@@H](OC(=O)Cn1cnc2scc(-c3cccs3)c2c1=O)C(=O)N(C)C. The van der Waals surface area contributed by atoms with Crippen LogP contribution in [-0.4, -0.2) is 46.5 Å². The molecule has 3 rings (SSSR count). The van der Waals surface area contributed by atoms with Crippen molar-refractivity contribution in [3.63, 3.8) is 0 Å². The first-order valence-corrected chi connectivity index (χ1v) is 9.55. The molecule has 0 aromatic carbocycles. The number of aromatic nitrogens is 2. The van der Waals surface area contributed by atoms with Gasteiger partial charge in [-0.2, -0.15) is 0 Å². The first-order valence-electron chi connectivity index (χ1n) is 7.79. The van der Waals surface area contributed by atoms with Crippen LogP contribution in [0.1, 0.15) is 6.92 Å². The molecule has 0 fully saturated rings. The molecule has 1 amide bonds. The molecule has 3 aromatic rings. The molecule has 7 nitrogen and oxygen atoms in total. The van der Waals surface area contributed by atoms with Gasteiger partial charge in [0.2, 0.25) is 0 Å². The van der Waals surface area contributed by atoms with Crippen LogP contribution in [0.2, 0.25) is 0 Å². The van der Waals surface area contributed by atoms with E-state index in [1.807, 2.05) is 22.9 Å². The highest BCUT2D eigenvalue weighted by atomic mass is 32.1. The fourth-order valence-corrected chi connectivity index (χ4v) is 4.20. The molecule has 136 valence electrons. The highest BCUT2D eigenvalue weighted by Gasteiger charge is 2.21. The smallest absolute Gasteiger partial charge is 0.326 e. The largest absolute Gasteiger partial charge is 0.451 e. The van der Waals surface area contributed by atoms with E-state index in [1.54, 1.807) is 14.1 Å². The van der Waals surface area contributed by atoms with E-state index in [-0.39, 0.29) is 18.0 Å². The third kappa shape index (κ3) is 3.54. The van der Waals surface area contributed by atoms with E-state index in [0.29, 0.717) is 10.2 Å². The number of carbonyl (C=O) groups is 2. The van der Waals surface area contributed by atoms with Crippen molar-refractivity contribution in [2.45, 2.75) is 19.6 Å². The van der Waals surface area contributed by atoms with Gasteiger partial charge in [0.1, 0.15) is 11.4 Å². The zero-order valence-electron chi connectivity index (χ0n) is 14.5. The Labute approximate surface area is 157 Å². The van der Waals surface area contributed by atoms with Crippen LogP contribution in [0.15, 0.2) is 34.0 Å². The predicted molar refractivity (Wildman–Crippen MR) is 101 cm³/mol. The number of carbonyl (C=O) groups excluding carboxylic acids is 2. The summed E-state index contributed by atoms with van der Waals surface area (Å²) in [6.07, 6.45) is 0.423. The maximum Gasteiger partial charge on any atom is 0.326 e. The average Bonchev–Trinajstić information content (AvgIpc) is 3.25. The zero-order chi connectivity index (χ0) is 18.8. The normalized spacial score (nSPS) is 12.1. The summed E-state index contributed by atoms with van der Waals surface area (Å²) in [4.78, 5) is 43.9. The quantitative estimate of drug-likeness (QED) is 0.623. The number of likely N-dealkylation sites (N-methyl/N-ethyl adjacent to an activating group) is 1. The highest BCUT2D eigenvalue weighted by Crippen LogP contribution is 2.33. The number of thiophene rings is 2. The van der Waals surface area contributed by atoms with Crippen LogP contribution in [-0.2, 0) is 20.9 Å². The van der Waals surface area contributed by atoms with Crippen LogP contribution in [0.25, 0.3) is 20.7 Å². The average molecular weight is 391 g/mol. The lowest BCUT2D eigenvalue weighted by Crippen LogP contribution is -2.36. The molecule has 0 aliphatic heterocycles. The van der Waals surface area contributed by atoms with E-state index in [0.717, 1.165) is 10.4 Å². The lowest BCUT2D eigenvalue weighted by atomic mass is 10.2. The van der Waals surface area contributed by atoms with Gasteiger partial charge in [0, 0.05) is 29.9 Å². The van der Waals surface area contributed by atoms with E-state index in [1.165, 1.54) is 45.4 Å². The van der Waals surface area contributed by atoms with Gasteiger partial charge in [0.05, 0.1) is 11.7 Å². The number of nitrogens with zero attached hydrogens (tertiary/aromatic N) is 3. The van der Waals surface area contributed by atoms with Gasteiger partial charge in [-0.3, -0.25) is 19.0 Å². The summed E-state index contributed by atoms with van der Waals surface area (Å²) in [6.45, 7) is 1.20. The van der Waals surface area contributed by atoms with Crippen LogP contribution in [0, 0.1) is 0 Å². The molecule has 0 aliphatic carbocycles. The van der Waals surface area contributed by atoms with E-state index in [2.05, 4.69) is 4.98 Å². The minimum atomic E-state index is -0.910. The van der Waals surface area contributed by atoms with Gasteiger partial charge in [-0.15, -0.1) is 22.7 Å². The lowest BCUT2D eigenvalue weighted by molar-refractivity contribution is -0.158. The molecular weight excluding hydrogens is 374 g/mol. The number of amides is 1. The third-order valence-electron chi connectivity index (χ3n) is 3.74. The summed E-state index contributed by atoms with van der Waals surface area (Å²) in [5.74, 6) is -0.985. The summed E-state index contributed by atoms with van der Waals surface area (Å²) in [5, 5.41) is 4.32. The van der Waals surface area contributed by atoms with Crippen molar-refractivity contribution in [3.05, 3.63) is 39.6 Å². The first kappa shape index (κ1) is 18.3. The summed E-state index contributed by atoms with van der Waals surface area (Å²) in [6, 6.07) is 3.85. The molecule has 3 aromatic heterocycles. The van der Waals surface area contributed by atoms with Gasteiger partial charge in [-0.1, -0.05) is 6.07 Å². The molecule has 0 saturated heterocycles. The molecule has 26 heavy (non-hydrogen) atoms. The third-order valence-corrected chi connectivity index (χ3v) is 5.53. The van der Waals surface area contributed by atoms with Gasteiger partial charge >= 0.3 is 5.97 Å². The highest BCUT2D eigenvalue weighted by molar-refractivity contribution is 7.18. The first-order chi connectivity index (χ1) is 12.4. The molecule has 0 spiro atoms. The van der Waals surface area contributed by atoms with Crippen molar-refractivity contribution in [3.8, 4) is 10.4 Å². The van der Waals surface area contributed by atoms with Gasteiger partial charge in [-0.05, 0) is 18.4 Å². The van der Waals surface area contributed by atoms with Gasteiger partial charge in [-0.25, -0.2) is 4.98 Å².